The third kappa shape index (κ3) is 3.26. The summed E-state index contributed by atoms with van der Waals surface area (Å²) < 4.78 is 5.45. The molecule has 3 rings (SSSR count). The number of hydrogen-bond acceptors (Lipinski definition) is 3. The first kappa shape index (κ1) is 14.5. The van der Waals surface area contributed by atoms with Gasteiger partial charge in [-0.3, -0.25) is 9.59 Å². The van der Waals surface area contributed by atoms with E-state index in [2.05, 4.69) is 10.3 Å². The van der Waals surface area contributed by atoms with Gasteiger partial charge >= 0.3 is 0 Å². The minimum absolute atomic E-state index is 0.0617. The third-order valence-corrected chi connectivity index (χ3v) is 3.75. The van der Waals surface area contributed by atoms with Crippen LogP contribution in [0.25, 0.3) is 11.3 Å². The number of carbonyl (C=O) groups is 1. The summed E-state index contributed by atoms with van der Waals surface area (Å²) in [6.45, 7) is 1.19. The van der Waals surface area contributed by atoms with Crippen LogP contribution in [-0.4, -0.2) is 30.1 Å². The molecule has 1 aromatic heterocycles. The highest BCUT2D eigenvalue weighted by Gasteiger charge is 2.18. The predicted octanol–water partition coefficient (Wildman–Crippen LogP) is 1.95. The highest BCUT2D eigenvalue weighted by atomic mass is 16.5. The number of nitrogens with one attached hydrogen (secondary N) is 2. The number of H-pyrrole nitrogens is 1. The molecule has 5 heteroatoms. The number of pyridine rings is 1. The molecule has 1 aliphatic heterocycles. The van der Waals surface area contributed by atoms with E-state index in [4.69, 9.17) is 4.74 Å². The van der Waals surface area contributed by atoms with Gasteiger partial charge in [0.25, 0.3) is 11.5 Å². The second-order valence-electron chi connectivity index (χ2n) is 5.33. The fraction of sp³-hybridized carbons (Fsp3) is 0.294. The van der Waals surface area contributed by atoms with E-state index in [1.807, 2.05) is 30.3 Å². The zero-order valence-electron chi connectivity index (χ0n) is 12.2. The number of aromatic nitrogens is 1. The first-order valence-corrected chi connectivity index (χ1v) is 7.42. The molecule has 0 bridgehead atoms. The van der Waals surface area contributed by atoms with E-state index in [0.29, 0.717) is 12.2 Å². The van der Waals surface area contributed by atoms with Gasteiger partial charge in [-0.2, -0.15) is 0 Å². The molecule has 1 saturated heterocycles. The Kier molecular flexibility index (Phi) is 4.34. The SMILES string of the molecule is O=C(NC[C@@H]1CCCO1)c1ccc(-c2ccccc2)[nH]c1=O. The van der Waals surface area contributed by atoms with E-state index in [1.54, 1.807) is 12.1 Å². The Hall–Kier alpha value is -2.40. The van der Waals surface area contributed by atoms with Gasteiger partial charge < -0.3 is 15.0 Å². The lowest BCUT2D eigenvalue weighted by Gasteiger charge is -2.10. The van der Waals surface area contributed by atoms with Crippen molar-refractivity contribution in [1.29, 1.82) is 0 Å². The summed E-state index contributed by atoms with van der Waals surface area (Å²) in [5.74, 6) is -0.364. The molecule has 1 aliphatic rings. The zero-order valence-corrected chi connectivity index (χ0v) is 12.2. The Morgan fingerprint density at radius 2 is 2.05 bits per heavy atom. The average Bonchev–Trinajstić information content (AvgIpc) is 3.07. The summed E-state index contributed by atoms with van der Waals surface area (Å²) in [5.41, 5.74) is 1.34. The van der Waals surface area contributed by atoms with E-state index in [-0.39, 0.29) is 23.1 Å². The first-order valence-electron chi connectivity index (χ1n) is 7.42. The quantitative estimate of drug-likeness (QED) is 0.906. The lowest BCUT2D eigenvalue weighted by atomic mass is 10.1. The number of benzene rings is 1. The van der Waals surface area contributed by atoms with Crippen molar-refractivity contribution in [2.24, 2.45) is 0 Å². The summed E-state index contributed by atoms with van der Waals surface area (Å²) in [7, 11) is 0. The molecule has 1 atom stereocenters. The van der Waals surface area contributed by atoms with Crippen LogP contribution in [0.4, 0.5) is 0 Å². The summed E-state index contributed by atoms with van der Waals surface area (Å²) in [4.78, 5) is 26.9. The fourth-order valence-corrected chi connectivity index (χ4v) is 2.55. The highest BCUT2D eigenvalue weighted by molar-refractivity contribution is 5.94. The van der Waals surface area contributed by atoms with Gasteiger partial charge in [-0.25, -0.2) is 0 Å². The maximum absolute atomic E-state index is 12.1. The lowest BCUT2D eigenvalue weighted by molar-refractivity contribution is 0.0856. The van der Waals surface area contributed by atoms with Crippen molar-refractivity contribution in [3.05, 3.63) is 58.4 Å². The van der Waals surface area contributed by atoms with Crippen LogP contribution in [0.1, 0.15) is 23.2 Å². The van der Waals surface area contributed by atoms with Crippen molar-refractivity contribution in [2.75, 3.05) is 13.2 Å². The van der Waals surface area contributed by atoms with Crippen LogP contribution >= 0.6 is 0 Å². The van der Waals surface area contributed by atoms with Crippen molar-refractivity contribution in [2.45, 2.75) is 18.9 Å². The fourth-order valence-electron chi connectivity index (χ4n) is 2.55. The van der Waals surface area contributed by atoms with Crippen molar-refractivity contribution in [3.8, 4) is 11.3 Å². The maximum Gasteiger partial charge on any atom is 0.261 e. The summed E-state index contributed by atoms with van der Waals surface area (Å²) in [6.07, 6.45) is 2.03. The van der Waals surface area contributed by atoms with E-state index in [0.717, 1.165) is 25.0 Å². The molecule has 2 heterocycles. The largest absolute Gasteiger partial charge is 0.376 e. The minimum Gasteiger partial charge on any atom is -0.376 e. The Bertz CT molecular complexity index is 703. The predicted molar refractivity (Wildman–Crippen MR) is 83.8 cm³/mol. The van der Waals surface area contributed by atoms with Gasteiger partial charge in [-0.1, -0.05) is 30.3 Å². The zero-order chi connectivity index (χ0) is 15.4. The van der Waals surface area contributed by atoms with Crippen LogP contribution in [0.3, 0.4) is 0 Å². The first-order chi connectivity index (χ1) is 10.7. The summed E-state index contributed by atoms with van der Waals surface area (Å²) in [6, 6.07) is 12.8. The molecule has 2 aromatic rings. The van der Waals surface area contributed by atoms with Crippen LogP contribution < -0.4 is 10.9 Å². The van der Waals surface area contributed by atoms with E-state index < -0.39 is 0 Å². The Balaban J connectivity index is 1.71. The average molecular weight is 298 g/mol. The Labute approximate surface area is 128 Å². The van der Waals surface area contributed by atoms with Crippen LogP contribution in [0.5, 0.6) is 0 Å². The number of hydrogen-bond donors (Lipinski definition) is 2. The highest BCUT2D eigenvalue weighted by Crippen LogP contribution is 2.15. The van der Waals surface area contributed by atoms with Crippen LogP contribution in [0, 0.1) is 0 Å². The number of aromatic amines is 1. The van der Waals surface area contributed by atoms with Gasteiger partial charge in [0.1, 0.15) is 5.56 Å². The smallest absolute Gasteiger partial charge is 0.261 e. The molecule has 0 aliphatic carbocycles. The molecule has 0 unspecified atom stereocenters. The van der Waals surface area contributed by atoms with Gasteiger partial charge in [0, 0.05) is 18.8 Å². The van der Waals surface area contributed by atoms with E-state index in [9.17, 15) is 9.59 Å². The minimum atomic E-state index is -0.383. The summed E-state index contributed by atoms with van der Waals surface area (Å²) in [5, 5.41) is 2.76. The molecule has 2 N–H and O–H groups in total. The van der Waals surface area contributed by atoms with Crippen molar-refractivity contribution < 1.29 is 9.53 Å². The molecular weight excluding hydrogens is 280 g/mol. The van der Waals surface area contributed by atoms with Crippen molar-refractivity contribution in [1.82, 2.24) is 10.3 Å². The van der Waals surface area contributed by atoms with Crippen molar-refractivity contribution >= 4 is 5.91 Å². The number of ether oxygens (including phenoxy) is 1. The standard InChI is InChI=1S/C17H18N2O3/c20-16(18-11-13-7-4-10-22-13)14-8-9-15(19-17(14)21)12-5-2-1-3-6-12/h1-3,5-6,8-9,13H,4,7,10-11H2,(H,18,20)(H,19,21)/t13-/m0/s1. The molecule has 5 nitrogen and oxygen atoms in total. The van der Waals surface area contributed by atoms with Gasteiger partial charge in [-0.15, -0.1) is 0 Å². The van der Waals surface area contributed by atoms with Gasteiger partial charge in [-0.05, 0) is 30.5 Å². The Morgan fingerprint density at radius 1 is 1.23 bits per heavy atom. The molecule has 1 amide bonds. The Morgan fingerprint density at radius 3 is 2.73 bits per heavy atom. The van der Waals surface area contributed by atoms with E-state index in [1.165, 1.54) is 0 Å². The molecule has 1 fully saturated rings. The molecule has 22 heavy (non-hydrogen) atoms. The van der Waals surface area contributed by atoms with Gasteiger partial charge in [0.2, 0.25) is 0 Å². The molecule has 0 saturated carbocycles. The van der Waals surface area contributed by atoms with Crippen LogP contribution in [0.2, 0.25) is 0 Å². The molecule has 1 aromatic carbocycles. The third-order valence-electron chi connectivity index (χ3n) is 3.75. The normalized spacial score (nSPS) is 17.4. The number of rotatable bonds is 4. The van der Waals surface area contributed by atoms with Gasteiger partial charge in [0.05, 0.1) is 6.10 Å². The molecule has 114 valence electrons. The lowest BCUT2D eigenvalue weighted by Crippen LogP contribution is -2.35. The second-order valence-corrected chi connectivity index (χ2v) is 5.33. The molecular formula is C17H18N2O3. The van der Waals surface area contributed by atoms with Crippen LogP contribution in [0.15, 0.2) is 47.3 Å². The van der Waals surface area contributed by atoms with Crippen molar-refractivity contribution in [3.63, 3.8) is 0 Å². The summed E-state index contributed by atoms with van der Waals surface area (Å²) >= 11 is 0. The monoisotopic (exact) mass is 298 g/mol. The molecule has 0 radical (unpaired) electrons. The molecule has 0 spiro atoms. The topological polar surface area (TPSA) is 71.2 Å². The maximum atomic E-state index is 12.1. The van der Waals surface area contributed by atoms with Gasteiger partial charge in [0.15, 0.2) is 0 Å². The number of carbonyl (C=O) groups excluding carboxylic acids is 1. The number of amides is 1. The second kappa shape index (κ2) is 6.58. The van der Waals surface area contributed by atoms with E-state index >= 15 is 0 Å². The van der Waals surface area contributed by atoms with Crippen LogP contribution in [-0.2, 0) is 4.74 Å².